The summed E-state index contributed by atoms with van der Waals surface area (Å²) in [6.07, 6.45) is 0. The fourth-order valence-electron chi connectivity index (χ4n) is 2.38. The van der Waals surface area contributed by atoms with E-state index in [0.717, 1.165) is 17.8 Å². The zero-order valence-corrected chi connectivity index (χ0v) is 12.9. The van der Waals surface area contributed by atoms with Crippen LogP contribution in [0.3, 0.4) is 0 Å². The Morgan fingerprint density at radius 3 is 2.58 bits per heavy atom. The Balaban J connectivity index is 2.33. The first-order valence-electron chi connectivity index (χ1n) is 6.90. The Morgan fingerprint density at radius 1 is 1.21 bits per heavy atom. The summed E-state index contributed by atoms with van der Waals surface area (Å²) in [5.41, 5.74) is 1.37. The molecule has 1 N–H and O–H groups in total. The lowest BCUT2D eigenvalue weighted by Crippen LogP contribution is -2.19. The first-order chi connectivity index (χ1) is 8.99. The molecule has 0 aliphatic carbocycles. The van der Waals surface area contributed by atoms with Gasteiger partial charge in [0.05, 0.1) is 0 Å². The molecule has 0 bridgehead atoms. The molecular formula is C16H22FNS. The van der Waals surface area contributed by atoms with Crippen molar-refractivity contribution in [3.63, 3.8) is 0 Å². The van der Waals surface area contributed by atoms with Gasteiger partial charge in [-0.2, -0.15) is 0 Å². The van der Waals surface area contributed by atoms with Gasteiger partial charge in [0.2, 0.25) is 0 Å². The van der Waals surface area contributed by atoms with Gasteiger partial charge in [0.1, 0.15) is 5.82 Å². The Kier molecular flexibility index (Phi) is 4.58. The molecule has 0 amide bonds. The van der Waals surface area contributed by atoms with Crippen LogP contribution < -0.4 is 5.32 Å². The average Bonchev–Trinajstić information content (AvgIpc) is 2.65. The van der Waals surface area contributed by atoms with Crippen LogP contribution in [0, 0.1) is 11.7 Å². The molecule has 0 radical (unpaired) electrons. The van der Waals surface area contributed by atoms with E-state index in [0.29, 0.717) is 11.8 Å². The van der Waals surface area contributed by atoms with Gasteiger partial charge < -0.3 is 5.32 Å². The monoisotopic (exact) mass is 279 g/mol. The maximum Gasteiger partial charge on any atom is 0.124 e. The minimum atomic E-state index is -0.147. The number of fused-ring (bicyclic) bond motifs is 1. The molecule has 0 saturated heterocycles. The first kappa shape index (κ1) is 14.5. The van der Waals surface area contributed by atoms with Gasteiger partial charge >= 0.3 is 0 Å². The van der Waals surface area contributed by atoms with Gasteiger partial charge in [0.15, 0.2) is 0 Å². The highest BCUT2D eigenvalue weighted by Crippen LogP contribution is 2.36. The normalized spacial score (nSPS) is 11.9. The summed E-state index contributed by atoms with van der Waals surface area (Å²) in [5.74, 6) is 0.968. The fraction of sp³-hybridized carbons (Fsp3) is 0.500. The molecule has 19 heavy (non-hydrogen) atoms. The molecule has 1 aromatic heterocycles. The molecule has 0 aliphatic rings. The van der Waals surface area contributed by atoms with Crippen LogP contribution in [0.25, 0.3) is 10.1 Å². The number of halogens is 1. The lowest BCUT2D eigenvalue weighted by atomic mass is 9.99. The molecular weight excluding hydrogens is 257 g/mol. The van der Waals surface area contributed by atoms with E-state index >= 15 is 0 Å². The minimum Gasteiger partial charge on any atom is -0.312 e. The highest BCUT2D eigenvalue weighted by Gasteiger charge is 2.15. The standard InChI is InChI=1S/C16H22FNS/c1-10(2)8-18-9-15-16(11(3)4)13-6-5-12(17)7-14(13)19-15/h5-7,10-11,18H,8-9H2,1-4H3. The molecule has 0 fully saturated rings. The zero-order valence-electron chi connectivity index (χ0n) is 12.1. The predicted molar refractivity (Wildman–Crippen MR) is 82.4 cm³/mol. The number of hydrogen-bond donors (Lipinski definition) is 1. The van der Waals surface area contributed by atoms with Crippen molar-refractivity contribution in [2.45, 2.75) is 40.2 Å². The zero-order chi connectivity index (χ0) is 14.0. The molecule has 1 nitrogen and oxygen atoms in total. The summed E-state index contributed by atoms with van der Waals surface area (Å²) in [4.78, 5) is 1.34. The second-order valence-electron chi connectivity index (χ2n) is 5.76. The van der Waals surface area contributed by atoms with E-state index in [1.54, 1.807) is 23.5 Å². The predicted octanol–water partition coefficient (Wildman–Crippen LogP) is 4.91. The topological polar surface area (TPSA) is 12.0 Å². The molecule has 104 valence electrons. The van der Waals surface area contributed by atoms with Crippen LogP contribution in [0.15, 0.2) is 18.2 Å². The summed E-state index contributed by atoms with van der Waals surface area (Å²) < 4.78 is 14.4. The smallest absolute Gasteiger partial charge is 0.124 e. The summed E-state index contributed by atoms with van der Waals surface area (Å²) in [7, 11) is 0. The molecule has 0 atom stereocenters. The van der Waals surface area contributed by atoms with Gasteiger partial charge in [-0.25, -0.2) is 4.39 Å². The largest absolute Gasteiger partial charge is 0.312 e. The Labute approximate surface area is 118 Å². The van der Waals surface area contributed by atoms with Crippen LogP contribution >= 0.6 is 11.3 Å². The fourth-order valence-corrected chi connectivity index (χ4v) is 3.73. The van der Waals surface area contributed by atoms with E-state index < -0.39 is 0 Å². The van der Waals surface area contributed by atoms with Gasteiger partial charge in [-0.1, -0.05) is 33.8 Å². The summed E-state index contributed by atoms with van der Waals surface area (Å²) >= 11 is 1.72. The Bertz CT molecular complexity index is 557. The lowest BCUT2D eigenvalue weighted by molar-refractivity contribution is 0.553. The quantitative estimate of drug-likeness (QED) is 0.820. The van der Waals surface area contributed by atoms with Crippen molar-refractivity contribution in [3.8, 4) is 0 Å². The lowest BCUT2D eigenvalue weighted by Gasteiger charge is -2.10. The van der Waals surface area contributed by atoms with E-state index in [9.17, 15) is 4.39 Å². The number of thiophene rings is 1. The van der Waals surface area contributed by atoms with Crippen molar-refractivity contribution >= 4 is 21.4 Å². The van der Waals surface area contributed by atoms with E-state index in [-0.39, 0.29) is 5.82 Å². The molecule has 3 heteroatoms. The van der Waals surface area contributed by atoms with E-state index in [2.05, 4.69) is 33.0 Å². The third-order valence-corrected chi connectivity index (χ3v) is 4.35. The SMILES string of the molecule is CC(C)CNCc1sc2cc(F)ccc2c1C(C)C. The Hall–Kier alpha value is -0.930. The van der Waals surface area contributed by atoms with Crippen molar-refractivity contribution in [2.75, 3.05) is 6.54 Å². The van der Waals surface area contributed by atoms with Gasteiger partial charge in [0.25, 0.3) is 0 Å². The van der Waals surface area contributed by atoms with Crippen molar-refractivity contribution < 1.29 is 4.39 Å². The highest BCUT2D eigenvalue weighted by atomic mass is 32.1. The number of rotatable bonds is 5. The van der Waals surface area contributed by atoms with Crippen LogP contribution in [0.5, 0.6) is 0 Å². The van der Waals surface area contributed by atoms with Crippen LogP contribution in [0.2, 0.25) is 0 Å². The maximum atomic E-state index is 13.3. The van der Waals surface area contributed by atoms with Crippen molar-refractivity contribution in [3.05, 3.63) is 34.5 Å². The molecule has 0 saturated carbocycles. The molecule has 1 heterocycles. The second-order valence-corrected chi connectivity index (χ2v) is 6.90. The molecule has 0 unspecified atom stereocenters. The minimum absolute atomic E-state index is 0.147. The van der Waals surface area contributed by atoms with Crippen LogP contribution in [0.1, 0.15) is 44.1 Å². The molecule has 0 aliphatic heterocycles. The molecule has 2 aromatic rings. The number of nitrogens with one attached hydrogen (secondary N) is 1. The molecule has 2 rings (SSSR count). The highest BCUT2D eigenvalue weighted by molar-refractivity contribution is 7.19. The van der Waals surface area contributed by atoms with Crippen LogP contribution in [0.4, 0.5) is 4.39 Å². The molecule has 1 aromatic carbocycles. The molecule has 0 spiro atoms. The third-order valence-electron chi connectivity index (χ3n) is 3.18. The van der Waals surface area contributed by atoms with Gasteiger partial charge in [0, 0.05) is 16.1 Å². The van der Waals surface area contributed by atoms with Gasteiger partial charge in [-0.15, -0.1) is 11.3 Å². The first-order valence-corrected chi connectivity index (χ1v) is 7.72. The Morgan fingerprint density at radius 2 is 1.95 bits per heavy atom. The van der Waals surface area contributed by atoms with E-state index in [4.69, 9.17) is 0 Å². The van der Waals surface area contributed by atoms with Gasteiger partial charge in [-0.3, -0.25) is 0 Å². The summed E-state index contributed by atoms with van der Waals surface area (Å²) in [5, 5.41) is 4.70. The summed E-state index contributed by atoms with van der Waals surface area (Å²) in [6, 6.07) is 5.13. The number of hydrogen-bond acceptors (Lipinski definition) is 2. The van der Waals surface area contributed by atoms with Crippen LogP contribution in [-0.2, 0) is 6.54 Å². The van der Waals surface area contributed by atoms with Crippen LogP contribution in [-0.4, -0.2) is 6.54 Å². The van der Waals surface area contributed by atoms with E-state index in [1.807, 2.05) is 6.07 Å². The average molecular weight is 279 g/mol. The summed E-state index contributed by atoms with van der Waals surface area (Å²) in [6.45, 7) is 10.7. The maximum absolute atomic E-state index is 13.3. The van der Waals surface area contributed by atoms with Crippen molar-refractivity contribution in [1.82, 2.24) is 5.32 Å². The van der Waals surface area contributed by atoms with Crippen molar-refractivity contribution in [2.24, 2.45) is 5.92 Å². The third kappa shape index (κ3) is 3.34. The van der Waals surface area contributed by atoms with Crippen molar-refractivity contribution in [1.29, 1.82) is 0 Å². The van der Waals surface area contributed by atoms with E-state index in [1.165, 1.54) is 15.8 Å². The van der Waals surface area contributed by atoms with Gasteiger partial charge in [-0.05, 0) is 41.5 Å². The number of benzene rings is 1. The second kappa shape index (κ2) is 6.02.